The summed E-state index contributed by atoms with van der Waals surface area (Å²) in [5, 5.41) is 41.1. The lowest BCUT2D eigenvalue weighted by atomic mass is 9.87. The summed E-state index contributed by atoms with van der Waals surface area (Å²) < 4.78 is 47.7. The predicted molar refractivity (Wildman–Crippen MR) is 228 cm³/mol. The van der Waals surface area contributed by atoms with Gasteiger partial charge in [0.1, 0.15) is 18.5 Å². The van der Waals surface area contributed by atoms with Gasteiger partial charge in [0.25, 0.3) is 0 Å². The molecule has 19 heteroatoms. The third-order valence-electron chi connectivity index (χ3n) is 10.6. The number of hydrogen-bond acceptors (Lipinski definition) is 14. The van der Waals surface area contributed by atoms with E-state index in [-0.39, 0.29) is 44.3 Å². The van der Waals surface area contributed by atoms with Gasteiger partial charge in [0, 0.05) is 43.9 Å². The third-order valence-corrected chi connectivity index (χ3v) is 12.0. The maximum Gasteiger partial charge on any atom is 0.472 e. The predicted octanol–water partition coefficient (Wildman–Crippen LogP) is 6.76. The number of carbonyl (C=O) groups is 3. The zero-order valence-electron chi connectivity index (χ0n) is 36.8. The minimum Gasteiger partial charge on any atom is -0.462 e. The molecule has 1 saturated carbocycles. The average molecular weight is 917 g/mol. The van der Waals surface area contributed by atoms with Crippen molar-refractivity contribution in [3.63, 3.8) is 0 Å². The van der Waals surface area contributed by atoms with Gasteiger partial charge in [-0.25, -0.2) is 9.13 Å². The van der Waals surface area contributed by atoms with Crippen LogP contribution in [0.2, 0.25) is 0 Å². The van der Waals surface area contributed by atoms with Crippen molar-refractivity contribution in [1.82, 2.24) is 0 Å². The van der Waals surface area contributed by atoms with Crippen molar-refractivity contribution < 1.29 is 81.7 Å². The summed E-state index contributed by atoms with van der Waals surface area (Å²) in [5.74, 6) is -1.72. The molecule has 0 aromatic heterocycles. The Hall–Kier alpha value is -1.59. The maximum atomic E-state index is 12.9. The minimum atomic E-state index is -4.91. The number of ketones is 1. The first kappa shape index (κ1) is 57.4. The van der Waals surface area contributed by atoms with Gasteiger partial charge in [-0.05, 0) is 31.6 Å². The zero-order valence-corrected chi connectivity index (χ0v) is 38.6. The van der Waals surface area contributed by atoms with Crippen molar-refractivity contribution >= 4 is 33.4 Å². The van der Waals surface area contributed by atoms with Crippen LogP contribution in [0.5, 0.6) is 0 Å². The number of carbonyl (C=O) groups excluding carboxylic acids is 3. The summed E-state index contributed by atoms with van der Waals surface area (Å²) in [7, 11) is -9.82. The average Bonchev–Trinajstić information content (AvgIpc) is 3.45. The fraction of sp³-hybridized carbons (Fsp3) is 0.881. The van der Waals surface area contributed by atoms with Crippen LogP contribution in [0.3, 0.4) is 0 Å². The van der Waals surface area contributed by atoms with Crippen molar-refractivity contribution in [2.45, 2.75) is 193 Å². The molecule has 358 valence electrons. The van der Waals surface area contributed by atoms with E-state index in [0.717, 1.165) is 50.9 Å². The quantitative estimate of drug-likeness (QED) is 0.0146. The Kier molecular flexibility index (Phi) is 31.0. The van der Waals surface area contributed by atoms with Gasteiger partial charge in [-0.3, -0.25) is 28.0 Å². The highest BCUT2D eigenvalue weighted by atomic mass is 31.2. The Morgan fingerprint density at radius 1 is 0.672 bits per heavy atom. The summed E-state index contributed by atoms with van der Waals surface area (Å²) in [6, 6.07) is 0. The Bertz CT molecular complexity index is 1320. The molecule has 0 heterocycles. The second-order valence-electron chi connectivity index (χ2n) is 16.8. The van der Waals surface area contributed by atoms with Gasteiger partial charge in [0.2, 0.25) is 0 Å². The van der Waals surface area contributed by atoms with Crippen LogP contribution in [0, 0.1) is 17.8 Å². The van der Waals surface area contributed by atoms with Crippen molar-refractivity contribution in [3.8, 4) is 0 Å². The maximum absolute atomic E-state index is 12.9. The van der Waals surface area contributed by atoms with Crippen LogP contribution in [0.25, 0.3) is 0 Å². The number of aliphatic hydroxyl groups excluding tert-OH is 4. The molecular weight excluding hydrogens is 838 g/mol. The number of esters is 2. The van der Waals surface area contributed by atoms with Gasteiger partial charge in [-0.15, -0.1) is 0 Å². The fourth-order valence-electron chi connectivity index (χ4n) is 7.06. The number of hydrogen-bond donors (Lipinski definition) is 7. The van der Waals surface area contributed by atoms with E-state index < -0.39 is 96.4 Å². The second kappa shape index (κ2) is 33.0. The molecule has 61 heavy (non-hydrogen) atoms. The molecule has 1 unspecified atom stereocenters. The summed E-state index contributed by atoms with van der Waals surface area (Å²) in [6.07, 6.45) is 14.3. The highest BCUT2D eigenvalue weighted by molar-refractivity contribution is 7.47. The van der Waals surface area contributed by atoms with Gasteiger partial charge in [0.15, 0.2) is 6.10 Å². The Balaban J connectivity index is 2.60. The van der Waals surface area contributed by atoms with E-state index in [0.29, 0.717) is 19.3 Å². The number of ether oxygens (including phenoxy) is 2. The Morgan fingerprint density at radius 2 is 1.21 bits per heavy atom. The normalized spacial score (nSPS) is 20.8. The lowest BCUT2D eigenvalue weighted by Crippen LogP contribution is -2.30. The van der Waals surface area contributed by atoms with E-state index in [1.165, 1.54) is 38.5 Å². The molecule has 1 fully saturated rings. The van der Waals surface area contributed by atoms with Gasteiger partial charge in [-0.1, -0.05) is 116 Å². The monoisotopic (exact) mass is 916 g/mol. The molecule has 0 spiro atoms. The summed E-state index contributed by atoms with van der Waals surface area (Å²) >= 11 is 0. The van der Waals surface area contributed by atoms with E-state index in [9.17, 15) is 48.8 Å². The second-order valence-corrected chi connectivity index (χ2v) is 19.5. The summed E-state index contributed by atoms with van der Waals surface area (Å²) in [4.78, 5) is 65.8. The van der Waals surface area contributed by atoms with Crippen LogP contribution < -0.4 is 0 Å². The molecule has 1 aliphatic rings. The molecular formula is C42H78O17P2. The van der Waals surface area contributed by atoms with Crippen LogP contribution >= 0.6 is 15.6 Å². The van der Waals surface area contributed by atoms with E-state index in [1.807, 2.05) is 0 Å². The molecule has 0 aromatic rings. The van der Waals surface area contributed by atoms with Crippen molar-refractivity contribution in [2.24, 2.45) is 17.8 Å². The van der Waals surface area contributed by atoms with E-state index in [1.54, 1.807) is 12.2 Å². The van der Waals surface area contributed by atoms with Gasteiger partial charge < -0.3 is 44.6 Å². The first-order valence-electron chi connectivity index (χ1n) is 22.4. The highest BCUT2D eigenvalue weighted by Crippen LogP contribution is 2.44. The highest BCUT2D eigenvalue weighted by Gasteiger charge is 2.41. The molecule has 17 nitrogen and oxygen atoms in total. The number of phosphoric ester groups is 2. The molecule has 1 aliphatic carbocycles. The molecule has 0 radical (unpaired) electrons. The number of aliphatic hydroxyl groups is 4. The smallest absolute Gasteiger partial charge is 0.462 e. The SMILES string of the molecule is CCCCC[C@H](O)/C=C/[C@@H]1[C@@H](CC(=O)CCCCC(=O)O[C@H](COC(=O)CCCCCCCCCCCCC(C)C)COP(=O)(O)OC[C@@H](O)COP(=O)(O)O)[C@@H](O)C[C@H]1O. The molecule has 0 amide bonds. The van der Waals surface area contributed by atoms with Gasteiger partial charge >= 0.3 is 27.6 Å². The van der Waals surface area contributed by atoms with Crippen molar-refractivity contribution in [2.75, 3.05) is 26.4 Å². The molecule has 1 rings (SSSR count). The first-order chi connectivity index (χ1) is 28.8. The van der Waals surface area contributed by atoms with Crippen molar-refractivity contribution in [3.05, 3.63) is 12.2 Å². The fourth-order valence-corrected chi connectivity index (χ4v) is 8.21. The summed E-state index contributed by atoms with van der Waals surface area (Å²) in [6.45, 7) is 3.50. The molecule has 0 saturated heterocycles. The third kappa shape index (κ3) is 31.0. The minimum absolute atomic E-state index is 0.0180. The molecule has 8 atom stereocenters. The molecule has 0 aliphatic heterocycles. The van der Waals surface area contributed by atoms with E-state index >= 15 is 0 Å². The Labute approximate surface area is 363 Å². The topological polar surface area (TPSA) is 273 Å². The number of unbranched alkanes of at least 4 members (excludes halogenated alkanes) is 12. The number of phosphoric acid groups is 2. The largest absolute Gasteiger partial charge is 0.472 e. The van der Waals surface area contributed by atoms with Gasteiger partial charge in [0.05, 0.1) is 38.1 Å². The van der Waals surface area contributed by atoms with Crippen molar-refractivity contribution in [1.29, 1.82) is 0 Å². The first-order valence-corrected chi connectivity index (χ1v) is 25.4. The number of rotatable bonds is 38. The van der Waals surface area contributed by atoms with Gasteiger partial charge in [-0.2, -0.15) is 0 Å². The van der Waals surface area contributed by atoms with Crippen LogP contribution in [-0.2, 0) is 46.6 Å². The van der Waals surface area contributed by atoms with Crippen LogP contribution in [-0.4, -0.2) is 110 Å². The van der Waals surface area contributed by atoms with E-state index in [4.69, 9.17) is 23.8 Å². The molecule has 7 N–H and O–H groups in total. The zero-order chi connectivity index (χ0) is 45.7. The van der Waals surface area contributed by atoms with Crippen LogP contribution in [0.4, 0.5) is 0 Å². The Morgan fingerprint density at radius 3 is 1.84 bits per heavy atom. The molecule has 0 aromatic carbocycles. The standard InChI is InChI=1S/C42H78O17P2/c1-4-5-14-20-33(43)24-25-37-38(40(47)27-39(37)46)26-34(44)21-17-18-23-42(49)59-36(31-58-61(53,54)57-29-35(45)28-56-60(50,51)52)30-55-41(48)22-16-13-11-9-7-6-8-10-12-15-19-32(2)3/h24-25,32-33,35-40,43,45-47H,4-23,26-31H2,1-3H3,(H,53,54)(H2,50,51,52)/b25-24+/t33-,35-,36+,37+,38+,39+,40-/m0/s1. The molecule has 0 bridgehead atoms. The number of Topliss-reactive ketones (excluding diaryl/α,β-unsaturated/α-hetero) is 1. The van der Waals surface area contributed by atoms with E-state index in [2.05, 4.69) is 29.8 Å². The lowest BCUT2D eigenvalue weighted by Gasteiger charge is -2.21. The lowest BCUT2D eigenvalue weighted by molar-refractivity contribution is -0.161. The van der Waals surface area contributed by atoms with Crippen LogP contribution in [0.15, 0.2) is 12.2 Å². The summed E-state index contributed by atoms with van der Waals surface area (Å²) in [5.41, 5.74) is 0. The van der Waals surface area contributed by atoms with Crippen LogP contribution in [0.1, 0.15) is 162 Å².